The first-order valence-electron chi connectivity index (χ1n) is 17.7. The van der Waals surface area contributed by atoms with Crippen LogP contribution in [-0.2, 0) is 0 Å². The van der Waals surface area contributed by atoms with Gasteiger partial charge in [0.15, 0.2) is 5.82 Å². The molecule has 0 unspecified atom stereocenters. The fraction of sp³-hybridized carbons (Fsp3) is 0. The minimum absolute atomic E-state index is 0.705. The lowest BCUT2D eigenvalue weighted by atomic mass is 9.89. The molecule has 10 aromatic rings. The third kappa shape index (κ3) is 5.21. The summed E-state index contributed by atoms with van der Waals surface area (Å²) in [7, 11) is 0. The van der Waals surface area contributed by atoms with Crippen molar-refractivity contribution in [2.45, 2.75) is 0 Å². The van der Waals surface area contributed by atoms with E-state index in [1.165, 1.54) is 54.2 Å². The standard InChI is InChI=1S/C50H32N2/c1-2-15-35(16-3-1)50-51-47(38-20-10-19-36(29-38)43-26-12-18-33-13-4-7-23-41(33)43)32-48(52-50)39-21-11-22-40(30-39)49-44-25-9-6-17-37(44)31-46-42-24-8-5-14-34(42)27-28-45(46)49/h1-32H. The van der Waals surface area contributed by atoms with Gasteiger partial charge in [-0.3, -0.25) is 0 Å². The molecule has 0 fully saturated rings. The van der Waals surface area contributed by atoms with Crippen LogP contribution in [-0.4, -0.2) is 9.97 Å². The Kier molecular flexibility index (Phi) is 7.18. The van der Waals surface area contributed by atoms with Crippen LogP contribution in [0.25, 0.3) is 99.2 Å². The highest BCUT2D eigenvalue weighted by Crippen LogP contribution is 2.41. The van der Waals surface area contributed by atoms with Crippen molar-refractivity contribution in [2.24, 2.45) is 0 Å². The zero-order chi connectivity index (χ0) is 34.4. The van der Waals surface area contributed by atoms with E-state index in [-0.39, 0.29) is 0 Å². The van der Waals surface area contributed by atoms with Crippen molar-refractivity contribution in [1.29, 1.82) is 0 Å². The highest BCUT2D eigenvalue weighted by Gasteiger charge is 2.16. The van der Waals surface area contributed by atoms with Crippen molar-refractivity contribution in [1.82, 2.24) is 9.97 Å². The summed E-state index contributed by atoms with van der Waals surface area (Å²) in [4.78, 5) is 10.4. The van der Waals surface area contributed by atoms with E-state index in [9.17, 15) is 0 Å². The Hall–Kier alpha value is -6.90. The molecular formula is C50H32N2. The average Bonchev–Trinajstić information content (AvgIpc) is 3.23. The maximum absolute atomic E-state index is 5.21. The number of benzene rings is 9. The van der Waals surface area contributed by atoms with Gasteiger partial charge in [-0.05, 0) is 89.6 Å². The van der Waals surface area contributed by atoms with Crippen LogP contribution in [0, 0.1) is 0 Å². The van der Waals surface area contributed by atoms with Gasteiger partial charge in [0.05, 0.1) is 11.4 Å². The molecule has 52 heavy (non-hydrogen) atoms. The van der Waals surface area contributed by atoms with Crippen molar-refractivity contribution >= 4 is 43.1 Å². The zero-order valence-corrected chi connectivity index (χ0v) is 28.4. The fourth-order valence-electron chi connectivity index (χ4n) is 7.75. The van der Waals surface area contributed by atoms with Gasteiger partial charge in [0.25, 0.3) is 0 Å². The Balaban J connectivity index is 1.16. The SMILES string of the molecule is c1ccc(-c2nc(-c3cccc(-c4cccc5ccccc45)c3)cc(-c3cccc(-c4c5ccccc5cc5c4ccc4ccccc45)c3)n2)cc1. The first kappa shape index (κ1) is 30.0. The highest BCUT2D eigenvalue weighted by molar-refractivity contribution is 6.20. The fourth-order valence-corrected chi connectivity index (χ4v) is 7.75. The van der Waals surface area contributed by atoms with E-state index in [1.54, 1.807) is 0 Å². The van der Waals surface area contributed by atoms with Crippen LogP contribution < -0.4 is 0 Å². The van der Waals surface area contributed by atoms with Crippen LogP contribution >= 0.6 is 0 Å². The summed E-state index contributed by atoms with van der Waals surface area (Å²) < 4.78 is 0. The second kappa shape index (κ2) is 12.5. The van der Waals surface area contributed by atoms with E-state index in [1.807, 2.05) is 18.2 Å². The summed E-state index contributed by atoms with van der Waals surface area (Å²) in [6.45, 7) is 0. The van der Waals surface area contributed by atoms with Gasteiger partial charge in [-0.1, -0.05) is 170 Å². The molecule has 1 heterocycles. The molecule has 0 spiro atoms. The predicted octanol–water partition coefficient (Wildman–Crippen LogP) is 13.4. The quantitative estimate of drug-likeness (QED) is 0.136. The molecule has 0 aliphatic heterocycles. The molecule has 0 aliphatic carbocycles. The Bertz CT molecular complexity index is 2960. The molecule has 1 aromatic heterocycles. The Labute approximate surface area is 302 Å². The summed E-state index contributed by atoms with van der Waals surface area (Å²) in [6.07, 6.45) is 0. The Morgan fingerprint density at radius 3 is 1.58 bits per heavy atom. The van der Waals surface area contributed by atoms with E-state index in [2.05, 4.69) is 176 Å². The number of nitrogens with zero attached hydrogens (tertiary/aromatic N) is 2. The van der Waals surface area contributed by atoms with Crippen molar-refractivity contribution in [3.63, 3.8) is 0 Å². The largest absolute Gasteiger partial charge is 0.228 e. The second-order valence-electron chi connectivity index (χ2n) is 13.4. The monoisotopic (exact) mass is 660 g/mol. The zero-order valence-electron chi connectivity index (χ0n) is 28.4. The lowest BCUT2D eigenvalue weighted by molar-refractivity contribution is 1.18. The molecule has 10 rings (SSSR count). The third-order valence-corrected chi connectivity index (χ3v) is 10.2. The maximum atomic E-state index is 5.21. The average molecular weight is 661 g/mol. The molecule has 0 N–H and O–H groups in total. The molecule has 0 bridgehead atoms. The van der Waals surface area contributed by atoms with Gasteiger partial charge < -0.3 is 0 Å². The second-order valence-corrected chi connectivity index (χ2v) is 13.4. The van der Waals surface area contributed by atoms with Gasteiger partial charge in [0, 0.05) is 16.7 Å². The van der Waals surface area contributed by atoms with Gasteiger partial charge in [-0.2, -0.15) is 0 Å². The summed E-state index contributed by atoms with van der Waals surface area (Å²) >= 11 is 0. The van der Waals surface area contributed by atoms with Gasteiger partial charge in [0.1, 0.15) is 0 Å². The third-order valence-electron chi connectivity index (χ3n) is 10.2. The van der Waals surface area contributed by atoms with Crippen LogP contribution in [0.4, 0.5) is 0 Å². The van der Waals surface area contributed by atoms with Crippen molar-refractivity contribution < 1.29 is 0 Å². The molecule has 0 radical (unpaired) electrons. The van der Waals surface area contributed by atoms with Crippen molar-refractivity contribution in [3.8, 4) is 56.2 Å². The molecule has 0 saturated heterocycles. The maximum Gasteiger partial charge on any atom is 0.160 e. The van der Waals surface area contributed by atoms with E-state index < -0.39 is 0 Å². The van der Waals surface area contributed by atoms with Gasteiger partial charge >= 0.3 is 0 Å². The molecule has 0 aliphatic rings. The number of fused-ring (bicyclic) bond motifs is 5. The molecule has 0 atom stereocenters. The smallest absolute Gasteiger partial charge is 0.160 e. The van der Waals surface area contributed by atoms with E-state index in [0.717, 1.165) is 39.2 Å². The van der Waals surface area contributed by atoms with Crippen molar-refractivity contribution in [2.75, 3.05) is 0 Å². The number of hydrogen-bond donors (Lipinski definition) is 0. The number of rotatable bonds is 5. The first-order chi connectivity index (χ1) is 25.8. The van der Waals surface area contributed by atoms with Crippen LogP contribution in [0.3, 0.4) is 0 Å². The summed E-state index contributed by atoms with van der Waals surface area (Å²) in [6, 6.07) is 69.3. The highest BCUT2D eigenvalue weighted by atomic mass is 14.9. The van der Waals surface area contributed by atoms with Crippen molar-refractivity contribution in [3.05, 3.63) is 194 Å². The van der Waals surface area contributed by atoms with Crippen LogP contribution in [0.2, 0.25) is 0 Å². The normalized spacial score (nSPS) is 11.5. The molecule has 2 heteroatoms. The minimum Gasteiger partial charge on any atom is -0.228 e. The summed E-state index contributed by atoms with van der Waals surface area (Å²) in [5.41, 5.74) is 9.62. The van der Waals surface area contributed by atoms with Gasteiger partial charge in [0.2, 0.25) is 0 Å². The Morgan fingerprint density at radius 1 is 0.269 bits per heavy atom. The molecule has 0 saturated carbocycles. The number of aromatic nitrogens is 2. The molecule has 0 amide bonds. The lowest BCUT2D eigenvalue weighted by Gasteiger charge is -2.15. The predicted molar refractivity (Wildman–Crippen MR) is 219 cm³/mol. The Morgan fingerprint density at radius 2 is 0.808 bits per heavy atom. The summed E-state index contributed by atoms with van der Waals surface area (Å²) in [5.74, 6) is 0.705. The molecule has 2 nitrogen and oxygen atoms in total. The van der Waals surface area contributed by atoms with Crippen LogP contribution in [0.5, 0.6) is 0 Å². The molecule has 242 valence electrons. The van der Waals surface area contributed by atoms with E-state index in [0.29, 0.717) is 5.82 Å². The molecule has 9 aromatic carbocycles. The lowest BCUT2D eigenvalue weighted by Crippen LogP contribution is -1.96. The minimum atomic E-state index is 0.705. The van der Waals surface area contributed by atoms with Crippen LogP contribution in [0.15, 0.2) is 194 Å². The first-order valence-corrected chi connectivity index (χ1v) is 17.7. The van der Waals surface area contributed by atoms with Crippen LogP contribution in [0.1, 0.15) is 0 Å². The van der Waals surface area contributed by atoms with E-state index >= 15 is 0 Å². The van der Waals surface area contributed by atoms with Gasteiger partial charge in [-0.25, -0.2) is 9.97 Å². The van der Waals surface area contributed by atoms with E-state index in [4.69, 9.17) is 9.97 Å². The summed E-state index contributed by atoms with van der Waals surface area (Å²) in [5, 5.41) is 9.95. The number of hydrogen-bond acceptors (Lipinski definition) is 2. The molecular weight excluding hydrogens is 629 g/mol. The topological polar surface area (TPSA) is 25.8 Å². The van der Waals surface area contributed by atoms with Gasteiger partial charge in [-0.15, -0.1) is 0 Å².